The Bertz CT molecular complexity index is 479. The molecule has 100 valence electrons. The van der Waals surface area contributed by atoms with Gasteiger partial charge in [-0.05, 0) is 55.6 Å². The van der Waals surface area contributed by atoms with Crippen LogP contribution in [0.2, 0.25) is 0 Å². The van der Waals surface area contributed by atoms with Crippen molar-refractivity contribution >= 4 is 0 Å². The van der Waals surface area contributed by atoms with Crippen LogP contribution in [0.25, 0.3) is 0 Å². The number of nitrogens with one attached hydrogen (secondary N) is 1. The monoisotopic (exact) mass is 255 g/mol. The van der Waals surface area contributed by atoms with Gasteiger partial charge in [0, 0.05) is 30.3 Å². The summed E-state index contributed by atoms with van der Waals surface area (Å²) in [4.78, 5) is 8.46. The molecule has 3 nitrogen and oxygen atoms in total. The number of aromatic nitrogens is 2. The third kappa shape index (κ3) is 4.14. The molecule has 0 radical (unpaired) electrons. The maximum absolute atomic E-state index is 4.40. The van der Waals surface area contributed by atoms with Crippen LogP contribution >= 0.6 is 0 Å². The SMILES string of the molecule is CCCNC(Cc1ccncc1)c1ccc(C)nc1. The molecule has 3 heteroatoms. The molecule has 0 aliphatic heterocycles. The van der Waals surface area contributed by atoms with Gasteiger partial charge in [0.2, 0.25) is 0 Å². The van der Waals surface area contributed by atoms with Crippen molar-refractivity contribution in [3.8, 4) is 0 Å². The minimum atomic E-state index is 0.315. The van der Waals surface area contributed by atoms with Gasteiger partial charge in [-0.25, -0.2) is 0 Å². The maximum Gasteiger partial charge on any atom is 0.0376 e. The summed E-state index contributed by atoms with van der Waals surface area (Å²) < 4.78 is 0. The van der Waals surface area contributed by atoms with Gasteiger partial charge in [0.1, 0.15) is 0 Å². The molecule has 2 heterocycles. The van der Waals surface area contributed by atoms with Gasteiger partial charge in [-0.15, -0.1) is 0 Å². The van der Waals surface area contributed by atoms with E-state index >= 15 is 0 Å². The second kappa shape index (κ2) is 7.00. The summed E-state index contributed by atoms with van der Waals surface area (Å²) in [5.74, 6) is 0. The number of rotatable bonds is 6. The molecule has 2 rings (SSSR count). The van der Waals surface area contributed by atoms with E-state index in [1.807, 2.05) is 25.5 Å². The van der Waals surface area contributed by atoms with Crippen molar-refractivity contribution < 1.29 is 0 Å². The van der Waals surface area contributed by atoms with Crippen LogP contribution in [0, 0.1) is 6.92 Å². The van der Waals surface area contributed by atoms with Crippen molar-refractivity contribution in [3.05, 3.63) is 59.7 Å². The second-order valence-electron chi connectivity index (χ2n) is 4.80. The van der Waals surface area contributed by atoms with Crippen molar-refractivity contribution in [2.45, 2.75) is 32.7 Å². The summed E-state index contributed by atoms with van der Waals surface area (Å²) in [6.45, 7) is 5.22. The fourth-order valence-corrected chi connectivity index (χ4v) is 2.07. The largest absolute Gasteiger partial charge is 0.310 e. The van der Waals surface area contributed by atoms with Gasteiger partial charge in [0.15, 0.2) is 0 Å². The Hall–Kier alpha value is -1.74. The van der Waals surface area contributed by atoms with Crippen molar-refractivity contribution in [3.63, 3.8) is 0 Å². The Kier molecular flexibility index (Phi) is 5.04. The van der Waals surface area contributed by atoms with E-state index in [0.717, 1.165) is 25.1 Å². The summed E-state index contributed by atoms with van der Waals surface area (Å²) in [7, 11) is 0. The normalized spacial score (nSPS) is 12.3. The van der Waals surface area contributed by atoms with E-state index in [1.165, 1.54) is 11.1 Å². The number of pyridine rings is 2. The Morgan fingerprint density at radius 1 is 1.16 bits per heavy atom. The second-order valence-corrected chi connectivity index (χ2v) is 4.80. The van der Waals surface area contributed by atoms with Crippen LogP contribution in [0.1, 0.15) is 36.2 Å². The van der Waals surface area contributed by atoms with E-state index < -0.39 is 0 Å². The molecular weight excluding hydrogens is 234 g/mol. The summed E-state index contributed by atoms with van der Waals surface area (Å²) in [5, 5.41) is 3.59. The Morgan fingerprint density at radius 3 is 2.58 bits per heavy atom. The minimum Gasteiger partial charge on any atom is -0.310 e. The first-order chi connectivity index (χ1) is 9.29. The van der Waals surface area contributed by atoms with E-state index in [4.69, 9.17) is 0 Å². The molecule has 0 saturated carbocycles. The summed E-state index contributed by atoms with van der Waals surface area (Å²) in [5.41, 5.74) is 3.60. The van der Waals surface area contributed by atoms with Crippen molar-refractivity contribution in [1.82, 2.24) is 15.3 Å². The molecule has 2 aromatic rings. The third-order valence-electron chi connectivity index (χ3n) is 3.17. The minimum absolute atomic E-state index is 0.315. The quantitative estimate of drug-likeness (QED) is 0.862. The lowest BCUT2D eigenvalue weighted by molar-refractivity contribution is 0.527. The molecule has 0 spiro atoms. The van der Waals surface area contributed by atoms with Gasteiger partial charge in [0.25, 0.3) is 0 Å². The van der Waals surface area contributed by atoms with Gasteiger partial charge in [-0.3, -0.25) is 9.97 Å². The van der Waals surface area contributed by atoms with Gasteiger partial charge >= 0.3 is 0 Å². The van der Waals surface area contributed by atoms with Crippen LogP contribution in [-0.4, -0.2) is 16.5 Å². The summed E-state index contributed by atoms with van der Waals surface area (Å²) >= 11 is 0. The van der Waals surface area contributed by atoms with Crippen molar-refractivity contribution in [2.24, 2.45) is 0 Å². The van der Waals surface area contributed by atoms with E-state index in [-0.39, 0.29) is 0 Å². The Labute approximate surface area is 115 Å². The molecule has 0 fully saturated rings. The van der Waals surface area contributed by atoms with Crippen LogP contribution in [0.15, 0.2) is 42.9 Å². The molecule has 1 unspecified atom stereocenters. The first kappa shape index (κ1) is 13.7. The fourth-order valence-electron chi connectivity index (χ4n) is 2.07. The zero-order valence-electron chi connectivity index (χ0n) is 11.6. The van der Waals surface area contributed by atoms with Gasteiger partial charge in [0.05, 0.1) is 0 Å². The Morgan fingerprint density at radius 2 is 1.95 bits per heavy atom. The zero-order valence-corrected chi connectivity index (χ0v) is 11.6. The smallest absolute Gasteiger partial charge is 0.0376 e. The van der Waals surface area contributed by atoms with E-state index in [0.29, 0.717) is 6.04 Å². The molecular formula is C16H21N3. The zero-order chi connectivity index (χ0) is 13.5. The lowest BCUT2D eigenvalue weighted by atomic mass is 10.0. The number of nitrogens with zero attached hydrogens (tertiary/aromatic N) is 2. The average Bonchev–Trinajstić information content (AvgIpc) is 2.45. The lowest BCUT2D eigenvalue weighted by Gasteiger charge is -2.19. The van der Waals surface area contributed by atoms with Gasteiger partial charge in [-0.1, -0.05) is 13.0 Å². The molecule has 0 amide bonds. The fraction of sp³-hybridized carbons (Fsp3) is 0.375. The van der Waals surface area contributed by atoms with Crippen molar-refractivity contribution in [2.75, 3.05) is 6.54 Å². The average molecular weight is 255 g/mol. The highest BCUT2D eigenvalue weighted by Gasteiger charge is 2.11. The lowest BCUT2D eigenvalue weighted by Crippen LogP contribution is -2.24. The molecule has 1 atom stereocenters. The van der Waals surface area contributed by atoms with Gasteiger partial charge < -0.3 is 5.32 Å². The van der Waals surface area contributed by atoms with E-state index in [2.05, 4.69) is 46.5 Å². The van der Waals surface area contributed by atoms with Gasteiger partial charge in [-0.2, -0.15) is 0 Å². The van der Waals surface area contributed by atoms with E-state index in [1.54, 1.807) is 0 Å². The molecule has 0 saturated heterocycles. The molecule has 0 bridgehead atoms. The highest BCUT2D eigenvalue weighted by atomic mass is 14.9. The van der Waals surface area contributed by atoms with Crippen LogP contribution in [-0.2, 0) is 6.42 Å². The molecule has 0 aliphatic carbocycles. The molecule has 0 aromatic carbocycles. The Balaban J connectivity index is 2.13. The van der Waals surface area contributed by atoms with Crippen LogP contribution in [0.5, 0.6) is 0 Å². The summed E-state index contributed by atoms with van der Waals surface area (Å²) in [6, 6.07) is 8.69. The predicted molar refractivity (Wildman–Crippen MR) is 77.9 cm³/mol. The number of aryl methyl sites for hydroxylation is 1. The van der Waals surface area contributed by atoms with Crippen LogP contribution in [0.3, 0.4) is 0 Å². The maximum atomic E-state index is 4.40. The molecule has 0 aliphatic rings. The first-order valence-corrected chi connectivity index (χ1v) is 6.84. The number of hydrogen-bond acceptors (Lipinski definition) is 3. The topological polar surface area (TPSA) is 37.8 Å². The first-order valence-electron chi connectivity index (χ1n) is 6.84. The number of hydrogen-bond donors (Lipinski definition) is 1. The summed E-state index contributed by atoms with van der Waals surface area (Å²) in [6.07, 6.45) is 7.77. The van der Waals surface area contributed by atoms with E-state index in [9.17, 15) is 0 Å². The van der Waals surface area contributed by atoms with Crippen LogP contribution in [0.4, 0.5) is 0 Å². The van der Waals surface area contributed by atoms with Crippen LogP contribution < -0.4 is 5.32 Å². The molecule has 2 aromatic heterocycles. The highest BCUT2D eigenvalue weighted by molar-refractivity contribution is 5.21. The van der Waals surface area contributed by atoms with Crippen molar-refractivity contribution in [1.29, 1.82) is 0 Å². The third-order valence-corrected chi connectivity index (χ3v) is 3.17. The molecule has 1 N–H and O–H groups in total. The highest BCUT2D eigenvalue weighted by Crippen LogP contribution is 2.17. The predicted octanol–water partition coefficient (Wildman–Crippen LogP) is 3.07. The standard InChI is InChI=1S/C16H21N3/c1-3-8-18-16(11-14-6-9-17-10-7-14)15-5-4-13(2)19-12-15/h4-7,9-10,12,16,18H,3,8,11H2,1-2H3. The molecule has 19 heavy (non-hydrogen) atoms.